The quantitative estimate of drug-likeness (QED) is 0.606. The van der Waals surface area contributed by atoms with E-state index in [0.29, 0.717) is 6.42 Å². The van der Waals surface area contributed by atoms with Crippen molar-refractivity contribution in [2.75, 3.05) is 0 Å². The van der Waals surface area contributed by atoms with Crippen LogP contribution in [0.2, 0.25) is 0 Å². The molecule has 12 heavy (non-hydrogen) atoms. The van der Waals surface area contributed by atoms with Crippen molar-refractivity contribution >= 4 is 11.8 Å². The molecule has 0 saturated heterocycles. The minimum Gasteiger partial charge on any atom is -0.373 e. The Morgan fingerprint density at radius 1 is 1.42 bits per heavy atom. The van der Waals surface area contributed by atoms with Crippen molar-refractivity contribution in [3.8, 4) is 0 Å². The second-order valence-corrected chi connectivity index (χ2v) is 2.65. The third-order valence-electron chi connectivity index (χ3n) is 1.69. The zero-order chi connectivity index (χ0) is 9.14. The van der Waals surface area contributed by atoms with Crippen LogP contribution in [0.1, 0.15) is 19.8 Å². The second kappa shape index (κ2) is 3.49. The first-order valence-electron chi connectivity index (χ1n) is 3.90. The molecule has 0 aliphatic carbocycles. The molecule has 1 aliphatic heterocycles. The van der Waals surface area contributed by atoms with Gasteiger partial charge in [-0.1, -0.05) is 13.3 Å². The first-order valence-corrected chi connectivity index (χ1v) is 3.90. The van der Waals surface area contributed by atoms with Crippen LogP contribution in [0.3, 0.4) is 0 Å². The number of hydrogen-bond donors (Lipinski definition) is 1. The molecule has 0 spiro atoms. The summed E-state index contributed by atoms with van der Waals surface area (Å²) >= 11 is 0. The van der Waals surface area contributed by atoms with E-state index in [4.69, 9.17) is 0 Å². The highest BCUT2D eigenvalue weighted by Gasteiger charge is 2.28. The number of hydrogen-bond acceptors (Lipinski definition) is 3. The highest BCUT2D eigenvalue weighted by atomic mass is 16.3. The smallest absolute Gasteiger partial charge is 0.255 e. The third kappa shape index (κ3) is 1.53. The van der Waals surface area contributed by atoms with Gasteiger partial charge < -0.3 is 5.11 Å². The lowest BCUT2D eigenvalue weighted by Crippen LogP contribution is -2.39. The van der Waals surface area contributed by atoms with Gasteiger partial charge in [0.25, 0.3) is 11.8 Å². The standard InChI is InChI=1S/C8H11NO3/c1-2-3-6(10)9-7(11)4-5-8(9)12/h4-6,10H,2-3H2,1H3. The zero-order valence-electron chi connectivity index (χ0n) is 6.86. The molecular weight excluding hydrogens is 158 g/mol. The molecule has 66 valence electrons. The van der Waals surface area contributed by atoms with Crippen molar-refractivity contribution in [2.24, 2.45) is 0 Å². The van der Waals surface area contributed by atoms with Gasteiger partial charge in [0, 0.05) is 12.2 Å². The Morgan fingerprint density at radius 2 is 1.92 bits per heavy atom. The summed E-state index contributed by atoms with van der Waals surface area (Å²) in [5.74, 6) is -0.859. The van der Waals surface area contributed by atoms with Gasteiger partial charge >= 0.3 is 0 Å². The fourth-order valence-electron chi connectivity index (χ4n) is 1.09. The predicted molar refractivity (Wildman–Crippen MR) is 41.9 cm³/mol. The molecular formula is C8H11NO3. The van der Waals surface area contributed by atoms with Gasteiger partial charge in [0.05, 0.1) is 0 Å². The Balaban J connectivity index is 2.63. The van der Waals surface area contributed by atoms with Gasteiger partial charge in [-0.2, -0.15) is 0 Å². The van der Waals surface area contributed by atoms with Gasteiger partial charge in [-0.05, 0) is 6.42 Å². The van der Waals surface area contributed by atoms with E-state index in [9.17, 15) is 14.7 Å². The van der Waals surface area contributed by atoms with Crippen molar-refractivity contribution in [3.05, 3.63) is 12.2 Å². The lowest BCUT2D eigenvalue weighted by molar-refractivity contribution is -0.147. The third-order valence-corrected chi connectivity index (χ3v) is 1.69. The van der Waals surface area contributed by atoms with Crippen LogP contribution in [0.4, 0.5) is 0 Å². The second-order valence-electron chi connectivity index (χ2n) is 2.65. The van der Waals surface area contributed by atoms with E-state index in [1.165, 1.54) is 12.2 Å². The number of amides is 2. The number of aliphatic hydroxyl groups is 1. The van der Waals surface area contributed by atoms with Crippen LogP contribution in [0, 0.1) is 0 Å². The first kappa shape index (κ1) is 8.93. The molecule has 1 aliphatic rings. The number of nitrogens with zero attached hydrogens (tertiary/aromatic N) is 1. The molecule has 0 radical (unpaired) electrons. The van der Waals surface area contributed by atoms with Crippen LogP contribution < -0.4 is 0 Å². The SMILES string of the molecule is CCCC(O)N1C(=O)C=CC1=O. The molecule has 4 nitrogen and oxygen atoms in total. The van der Waals surface area contributed by atoms with Crippen molar-refractivity contribution in [2.45, 2.75) is 26.0 Å². The summed E-state index contributed by atoms with van der Waals surface area (Å²) in [7, 11) is 0. The fraction of sp³-hybridized carbons (Fsp3) is 0.500. The van der Waals surface area contributed by atoms with Gasteiger partial charge in [0.1, 0.15) is 6.23 Å². The lowest BCUT2D eigenvalue weighted by atomic mass is 10.3. The number of carbonyl (C=O) groups excluding carboxylic acids is 2. The molecule has 0 aromatic heterocycles. The van der Waals surface area contributed by atoms with Gasteiger partial charge in [-0.15, -0.1) is 0 Å². The summed E-state index contributed by atoms with van der Waals surface area (Å²) in [5, 5.41) is 9.33. The molecule has 1 heterocycles. The summed E-state index contributed by atoms with van der Waals surface area (Å²) in [6, 6.07) is 0. The fourth-order valence-corrected chi connectivity index (χ4v) is 1.09. The molecule has 1 unspecified atom stereocenters. The molecule has 4 heteroatoms. The largest absolute Gasteiger partial charge is 0.373 e. The average molecular weight is 169 g/mol. The molecule has 0 aromatic rings. The molecule has 1 rings (SSSR count). The summed E-state index contributed by atoms with van der Waals surface area (Å²) < 4.78 is 0. The van der Waals surface area contributed by atoms with Crippen LogP contribution in [-0.2, 0) is 9.59 Å². The van der Waals surface area contributed by atoms with Gasteiger partial charge in [0.15, 0.2) is 0 Å². The van der Waals surface area contributed by atoms with Crippen molar-refractivity contribution < 1.29 is 14.7 Å². The molecule has 1 N–H and O–H groups in total. The highest BCUT2D eigenvalue weighted by Crippen LogP contribution is 2.10. The van der Waals surface area contributed by atoms with Crippen molar-refractivity contribution in [3.63, 3.8) is 0 Å². The Labute approximate surface area is 70.5 Å². The van der Waals surface area contributed by atoms with Crippen LogP contribution in [0.5, 0.6) is 0 Å². The minimum absolute atomic E-state index is 0.430. The van der Waals surface area contributed by atoms with Crippen LogP contribution in [0.15, 0.2) is 12.2 Å². The maximum Gasteiger partial charge on any atom is 0.255 e. The number of carbonyl (C=O) groups is 2. The van der Waals surface area contributed by atoms with E-state index >= 15 is 0 Å². The van der Waals surface area contributed by atoms with Crippen LogP contribution >= 0.6 is 0 Å². The molecule has 0 bridgehead atoms. The van der Waals surface area contributed by atoms with Crippen molar-refractivity contribution in [1.29, 1.82) is 0 Å². The Bertz CT molecular complexity index is 216. The van der Waals surface area contributed by atoms with E-state index in [2.05, 4.69) is 0 Å². The highest BCUT2D eigenvalue weighted by molar-refractivity contribution is 6.13. The molecule has 0 aromatic carbocycles. The van der Waals surface area contributed by atoms with E-state index in [1.807, 2.05) is 6.92 Å². The normalized spacial score (nSPS) is 19.0. The summed E-state index contributed by atoms with van der Waals surface area (Å²) in [6.07, 6.45) is 2.53. The summed E-state index contributed by atoms with van der Waals surface area (Å²) in [4.78, 5) is 22.8. The Hall–Kier alpha value is -1.16. The maximum atomic E-state index is 11.0. The van der Waals surface area contributed by atoms with Gasteiger partial charge in [0.2, 0.25) is 0 Å². The Morgan fingerprint density at radius 3 is 2.33 bits per heavy atom. The lowest BCUT2D eigenvalue weighted by Gasteiger charge is -2.19. The van der Waals surface area contributed by atoms with Gasteiger partial charge in [-0.3, -0.25) is 9.59 Å². The summed E-state index contributed by atoms with van der Waals surface area (Å²) in [5.41, 5.74) is 0. The van der Waals surface area contributed by atoms with E-state index in [-0.39, 0.29) is 0 Å². The van der Waals surface area contributed by atoms with E-state index in [1.54, 1.807) is 0 Å². The van der Waals surface area contributed by atoms with Crippen LogP contribution in [-0.4, -0.2) is 28.0 Å². The molecule has 0 fully saturated rings. The first-order chi connectivity index (χ1) is 5.66. The number of imide groups is 1. The average Bonchev–Trinajstić information content (AvgIpc) is 2.32. The van der Waals surface area contributed by atoms with Crippen LogP contribution in [0.25, 0.3) is 0 Å². The number of aliphatic hydroxyl groups excluding tert-OH is 1. The van der Waals surface area contributed by atoms with E-state index < -0.39 is 18.0 Å². The molecule has 0 saturated carbocycles. The molecule has 2 amide bonds. The topological polar surface area (TPSA) is 57.6 Å². The Kier molecular flexibility index (Phi) is 2.60. The summed E-state index contributed by atoms with van der Waals surface area (Å²) in [6.45, 7) is 1.88. The number of rotatable bonds is 3. The monoisotopic (exact) mass is 169 g/mol. The van der Waals surface area contributed by atoms with Gasteiger partial charge in [-0.25, -0.2) is 4.90 Å². The van der Waals surface area contributed by atoms with Crippen molar-refractivity contribution in [1.82, 2.24) is 4.90 Å². The maximum absolute atomic E-state index is 11.0. The molecule has 1 atom stereocenters. The minimum atomic E-state index is -0.968. The zero-order valence-corrected chi connectivity index (χ0v) is 6.86. The van der Waals surface area contributed by atoms with E-state index in [0.717, 1.165) is 11.3 Å². The predicted octanol–water partition coefficient (Wildman–Crippen LogP) is 0.0299.